The fourth-order valence-electron chi connectivity index (χ4n) is 3.00. The molecule has 1 heterocycles. The van der Waals surface area contributed by atoms with Crippen LogP contribution in [0.1, 0.15) is 45.4 Å². The van der Waals surface area contributed by atoms with Crippen LogP contribution in [0.3, 0.4) is 0 Å². The van der Waals surface area contributed by atoms with Gasteiger partial charge >= 0.3 is 0 Å². The lowest BCUT2D eigenvalue weighted by atomic mass is 9.73. The van der Waals surface area contributed by atoms with Crippen LogP contribution >= 0.6 is 11.8 Å². The Morgan fingerprint density at radius 3 is 2.50 bits per heavy atom. The van der Waals surface area contributed by atoms with Crippen molar-refractivity contribution < 1.29 is 5.11 Å². The Bertz CT molecular complexity index is 179. The molecule has 1 unspecified atom stereocenters. The summed E-state index contributed by atoms with van der Waals surface area (Å²) in [5.74, 6) is 3.72. The molecule has 0 aromatic carbocycles. The van der Waals surface area contributed by atoms with Crippen LogP contribution in [0.2, 0.25) is 0 Å². The molecule has 1 aliphatic heterocycles. The van der Waals surface area contributed by atoms with Crippen LogP contribution in [-0.4, -0.2) is 22.2 Å². The summed E-state index contributed by atoms with van der Waals surface area (Å²) in [5.41, 5.74) is -0.288. The highest BCUT2D eigenvalue weighted by Crippen LogP contribution is 2.43. The molecule has 2 fully saturated rings. The second-order valence-electron chi connectivity index (χ2n) is 5.03. The van der Waals surface area contributed by atoms with Crippen LogP contribution in [0.25, 0.3) is 0 Å². The number of hydrogen-bond acceptors (Lipinski definition) is 2. The third-order valence-electron chi connectivity index (χ3n) is 4.22. The summed E-state index contributed by atoms with van der Waals surface area (Å²) in [6.45, 7) is 2.30. The number of thioether (sulfide) groups is 1. The summed E-state index contributed by atoms with van der Waals surface area (Å²) >= 11 is 1.93. The van der Waals surface area contributed by atoms with Crippen LogP contribution in [0.4, 0.5) is 0 Å². The van der Waals surface area contributed by atoms with Crippen LogP contribution in [-0.2, 0) is 0 Å². The Kier molecular flexibility index (Phi) is 3.43. The zero-order valence-corrected chi connectivity index (χ0v) is 9.98. The topological polar surface area (TPSA) is 20.2 Å². The van der Waals surface area contributed by atoms with E-state index in [0.717, 1.165) is 18.1 Å². The van der Waals surface area contributed by atoms with E-state index >= 15 is 0 Å². The minimum Gasteiger partial charge on any atom is -0.389 e. The third kappa shape index (κ3) is 2.11. The predicted octanol–water partition coefficient (Wildman–Crippen LogP) is 3.07. The lowest BCUT2D eigenvalue weighted by molar-refractivity contribution is -0.0155. The summed E-state index contributed by atoms with van der Waals surface area (Å²) < 4.78 is 0. The molecule has 1 aliphatic carbocycles. The Balaban J connectivity index is 1.88. The van der Waals surface area contributed by atoms with Crippen LogP contribution in [0.5, 0.6) is 0 Å². The highest BCUT2D eigenvalue weighted by atomic mass is 32.2. The monoisotopic (exact) mass is 214 g/mol. The summed E-state index contributed by atoms with van der Waals surface area (Å²) in [5, 5.41) is 10.5. The molecule has 1 saturated heterocycles. The van der Waals surface area contributed by atoms with Gasteiger partial charge in [-0.25, -0.2) is 0 Å². The van der Waals surface area contributed by atoms with Crippen molar-refractivity contribution in [1.29, 1.82) is 0 Å². The first-order valence-corrected chi connectivity index (χ1v) is 7.20. The fraction of sp³-hybridized carbons (Fsp3) is 1.00. The van der Waals surface area contributed by atoms with Gasteiger partial charge in [0, 0.05) is 5.75 Å². The minimum absolute atomic E-state index is 0.288. The first kappa shape index (κ1) is 10.8. The molecule has 0 radical (unpaired) electrons. The average molecular weight is 214 g/mol. The van der Waals surface area contributed by atoms with E-state index in [9.17, 15) is 5.11 Å². The molecular formula is C12H22OS. The van der Waals surface area contributed by atoms with E-state index in [4.69, 9.17) is 0 Å². The highest BCUT2D eigenvalue weighted by Gasteiger charge is 2.40. The van der Waals surface area contributed by atoms with E-state index in [2.05, 4.69) is 6.92 Å². The van der Waals surface area contributed by atoms with Gasteiger partial charge in [-0.15, -0.1) is 0 Å². The molecule has 0 amide bonds. The van der Waals surface area contributed by atoms with Crippen LogP contribution in [0.15, 0.2) is 0 Å². The highest BCUT2D eigenvalue weighted by molar-refractivity contribution is 7.99. The lowest BCUT2D eigenvalue weighted by Gasteiger charge is -2.37. The average Bonchev–Trinajstić information content (AvgIpc) is 2.67. The quantitative estimate of drug-likeness (QED) is 0.762. The normalized spacial score (nSPS) is 44.1. The second-order valence-corrected chi connectivity index (χ2v) is 6.14. The zero-order valence-electron chi connectivity index (χ0n) is 9.17. The molecule has 0 spiro atoms. The van der Waals surface area contributed by atoms with E-state index in [1.165, 1.54) is 37.9 Å². The smallest absolute Gasteiger partial charge is 0.0773 e. The minimum atomic E-state index is -0.288. The maximum atomic E-state index is 10.5. The molecule has 0 aromatic heterocycles. The molecular weight excluding hydrogens is 192 g/mol. The van der Waals surface area contributed by atoms with Crippen molar-refractivity contribution >= 4 is 11.8 Å². The summed E-state index contributed by atoms with van der Waals surface area (Å²) in [6, 6.07) is 0. The van der Waals surface area contributed by atoms with Gasteiger partial charge in [0.25, 0.3) is 0 Å². The number of aliphatic hydroxyl groups is 1. The van der Waals surface area contributed by atoms with E-state index in [0.29, 0.717) is 5.92 Å². The Hall–Kier alpha value is 0.310. The van der Waals surface area contributed by atoms with Crippen molar-refractivity contribution in [3.8, 4) is 0 Å². The van der Waals surface area contributed by atoms with Gasteiger partial charge in [-0.1, -0.05) is 26.2 Å². The largest absolute Gasteiger partial charge is 0.389 e. The predicted molar refractivity (Wildman–Crippen MR) is 62.6 cm³/mol. The third-order valence-corrected chi connectivity index (χ3v) is 5.41. The summed E-state index contributed by atoms with van der Waals surface area (Å²) in [7, 11) is 0. The molecule has 2 heteroatoms. The molecule has 1 nitrogen and oxygen atoms in total. The molecule has 2 aliphatic rings. The maximum absolute atomic E-state index is 10.5. The maximum Gasteiger partial charge on any atom is 0.0773 e. The number of hydrogen-bond donors (Lipinski definition) is 1. The van der Waals surface area contributed by atoms with Crippen LogP contribution in [0, 0.1) is 11.8 Å². The van der Waals surface area contributed by atoms with Gasteiger partial charge in [0.2, 0.25) is 0 Å². The second kappa shape index (κ2) is 4.44. The van der Waals surface area contributed by atoms with Gasteiger partial charge in [0.05, 0.1) is 5.60 Å². The van der Waals surface area contributed by atoms with Gasteiger partial charge < -0.3 is 5.11 Å². The van der Waals surface area contributed by atoms with Gasteiger partial charge in [-0.2, -0.15) is 11.8 Å². The van der Waals surface area contributed by atoms with Crippen molar-refractivity contribution in [2.24, 2.45) is 11.8 Å². The van der Waals surface area contributed by atoms with Gasteiger partial charge in [0.15, 0.2) is 0 Å². The molecule has 82 valence electrons. The molecule has 0 aromatic rings. The van der Waals surface area contributed by atoms with Crippen LogP contribution < -0.4 is 0 Å². The van der Waals surface area contributed by atoms with Crippen molar-refractivity contribution in [3.63, 3.8) is 0 Å². The zero-order chi connectivity index (χ0) is 10.0. The Labute approximate surface area is 91.7 Å². The van der Waals surface area contributed by atoms with Gasteiger partial charge in [-0.05, 0) is 36.9 Å². The molecule has 1 atom stereocenters. The SMILES string of the molecule is CCC1CCC(C2(O)CCSC2)CC1. The van der Waals surface area contributed by atoms with Gasteiger partial charge in [-0.3, -0.25) is 0 Å². The standard InChI is InChI=1S/C12H22OS/c1-2-10-3-5-11(6-4-10)12(13)7-8-14-9-12/h10-11,13H,2-9H2,1H3. The molecule has 2 rings (SSSR count). The molecule has 1 saturated carbocycles. The van der Waals surface area contributed by atoms with Crippen molar-refractivity contribution in [2.45, 2.75) is 51.0 Å². The lowest BCUT2D eigenvalue weighted by Crippen LogP contribution is -2.39. The first-order valence-electron chi connectivity index (χ1n) is 6.05. The molecule has 0 bridgehead atoms. The van der Waals surface area contributed by atoms with Crippen molar-refractivity contribution in [1.82, 2.24) is 0 Å². The van der Waals surface area contributed by atoms with Gasteiger partial charge in [0.1, 0.15) is 0 Å². The summed E-state index contributed by atoms with van der Waals surface area (Å²) in [4.78, 5) is 0. The Morgan fingerprint density at radius 1 is 1.29 bits per heavy atom. The Morgan fingerprint density at radius 2 is 2.00 bits per heavy atom. The van der Waals surface area contributed by atoms with E-state index in [1.54, 1.807) is 0 Å². The van der Waals surface area contributed by atoms with E-state index in [-0.39, 0.29) is 5.60 Å². The first-order chi connectivity index (χ1) is 6.74. The summed E-state index contributed by atoms with van der Waals surface area (Å²) in [6.07, 6.45) is 7.63. The van der Waals surface area contributed by atoms with Crippen molar-refractivity contribution in [2.75, 3.05) is 11.5 Å². The molecule has 1 N–H and O–H groups in total. The fourth-order valence-corrected chi connectivity index (χ4v) is 4.38. The molecule has 14 heavy (non-hydrogen) atoms. The van der Waals surface area contributed by atoms with E-state index < -0.39 is 0 Å². The van der Waals surface area contributed by atoms with E-state index in [1.807, 2.05) is 11.8 Å². The number of rotatable bonds is 2. The van der Waals surface area contributed by atoms with Crippen molar-refractivity contribution in [3.05, 3.63) is 0 Å².